The molecule has 0 heterocycles. The quantitative estimate of drug-likeness (QED) is 0.290. The standard InChI is InChI=1S/C27H30N2O4/c1-3-16-31-25-15-12-23(26(18-25)32-17-4-2)19-28-29-27(30)22-10-13-24(14-11-22)33-20-21-8-6-5-7-9-21/h5-15,18-19H,3-4,16-17,20H2,1-2H3,(H,29,30). The summed E-state index contributed by atoms with van der Waals surface area (Å²) in [6.07, 6.45) is 3.39. The van der Waals surface area contributed by atoms with Gasteiger partial charge >= 0.3 is 0 Å². The molecule has 0 aliphatic carbocycles. The van der Waals surface area contributed by atoms with E-state index >= 15 is 0 Å². The van der Waals surface area contributed by atoms with Gasteiger partial charge in [-0.15, -0.1) is 0 Å². The fourth-order valence-corrected chi connectivity index (χ4v) is 2.94. The van der Waals surface area contributed by atoms with E-state index in [9.17, 15) is 4.79 Å². The maximum Gasteiger partial charge on any atom is 0.271 e. The van der Waals surface area contributed by atoms with Crippen molar-refractivity contribution in [2.75, 3.05) is 13.2 Å². The maximum absolute atomic E-state index is 12.4. The van der Waals surface area contributed by atoms with Gasteiger partial charge in [0.05, 0.1) is 19.4 Å². The molecule has 6 nitrogen and oxygen atoms in total. The van der Waals surface area contributed by atoms with Crippen LogP contribution in [0, 0.1) is 0 Å². The molecule has 1 amide bonds. The van der Waals surface area contributed by atoms with Crippen LogP contribution in [0.25, 0.3) is 0 Å². The molecule has 0 atom stereocenters. The van der Waals surface area contributed by atoms with Crippen molar-refractivity contribution in [1.29, 1.82) is 0 Å². The van der Waals surface area contributed by atoms with Crippen molar-refractivity contribution in [1.82, 2.24) is 5.43 Å². The second-order valence-corrected chi connectivity index (χ2v) is 7.39. The lowest BCUT2D eigenvalue weighted by Gasteiger charge is -2.11. The molecule has 0 saturated carbocycles. The van der Waals surface area contributed by atoms with Crippen molar-refractivity contribution in [3.63, 3.8) is 0 Å². The molecular formula is C27H30N2O4. The van der Waals surface area contributed by atoms with Gasteiger partial charge in [-0.2, -0.15) is 5.10 Å². The number of carbonyl (C=O) groups excluding carboxylic acids is 1. The van der Waals surface area contributed by atoms with Crippen LogP contribution >= 0.6 is 0 Å². The number of ether oxygens (including phenoxy) is 3. The Morgan fingerprint density at radius 1 is 0.848 bits per heavy atom. The Bertz CT molecular complexity index is 1030. The lowest BCUT2D eigenvalue weighted by atomic mass is 10.2. The van der Waals surface area contributed by atoms with Gasteiger partial charge in [0.15, 0.2) is 0 Å². The van der Waals surface area contributed by atoms with E-state index in [4.69, 9.17) is 14.2 Å². The van der Waals surface area contributed by atoms with Crippen molar-refractivity contribution in [2.45, 2.75) is 33.3 Å². The van der Waals surface area contributed by atoms with Crippen LogP contribution in [0.2, 0.25) is 0 Å². The van der Waals surface area contributed by atoms with Gasteiger partial charge in [-0.25, -0.2) is 5.43 Å². The van der Waals surface area contributed by atoms with E-state index in [2.05, 4.69) is 17.5 Å². The molecule has 0 saturated heterocycles. The Balaban J connectivity index is 1.57. The Kier molecular flexibility index (Phi) is 9.33. The average molecular weight is 447 g/mol. The predicted octanol–water partition coefficient (Wildman–Crippen LogP) is 5.61. The first-order valence-corrected chi connectivity index (χ1v) is 11.2. The van der Waals surface area contributed by atoms with E-state index in [1.165, 1.54) is 0 Å². The summed E-state index contributed by atoms with van der Waals surface area (Å²) in [7, 11) is 0. The lowest BCUT2D eigenvalue weighted by molar-refractivity contribution is 0.0955. The number of hydrazone groups is 1. The number of benzene rings is 3. The molecular weight excluding hydrogens is 416 g/mol. The molecule has 0 bridgehead atoms. The van der Waals surface area contributed by atoms with Gasteiger partial charge in [0, 0.05) is 17.2 Å². The van der Waals surface area contributed by atoms with Crippen molar-refractivity contribution >= 4 is 12.1 Å². The minimum absolute atomic E-state index is 0.306. The second-order valence-electron chi connectivity index (χ2n) is 7.39. The molecule has 0 unspecified atom stereocenters. The zero-order valence-corrected chi connectivity index (χ0v) is 19.1. The zero-order valence-electron chi connectivity index (χ0n) is 19.1. The minimum atomic E-state index is -0.306. The third-order valence-electron chi connectivity index (χ3n) is 4.65. The van der Waals surface area contributed by atoms with E-state index in [1.807, 2.05) is 55.5 Å². The fourth-order valence-electron chi connectivity index (χ4n) is 2.94. The van der Waals surface area contributed by atoms with Crippen LogP contribution in [0.1, 0.15) is 48.2 Å². The van der Waals surface area contributed by atoms with Crippen molar-refractivity contribution in [3.05, 3.63) is 89.5 Å². The highest BCUT2D eigenvalue weighted by molar-refractivity contribution is 5.95. The Hall–Kier alpha value is -3.80. The van der Waals surface area contributed by atoms with E-state index in [-0.39, 0.29) is 5.91 Å². The number of carbonyl (C=O) groups is 1. The SMILES string of the molecule is CCCOc1ccc(C=NNC(=O)c2ccc(OCc3ccccc3)cc2)c(OCCC)c1. The summed E-state index contributed by atoms with van der Waals surface area (Å²) in [4.78, 5) is 12.4. The van der Waals surface area contributed by atoms with Gasteiger partial charge in [0.1, 0.15) is 23.9 Å². The smallest absolute Gasteiger partial charge is 0.271 e. The summed E-state index contributed by atoms with van der Waals surface area (Å²) in [5, 5.41) is 4.10. The first-order valence-electron chi connectivity index (χ1n) is 11.2. The number of nitrogens with zero attached hydrogens (tertiary/aromatic N) is 1. The molecule has 172 valence electrons. The Labute approximate surface area is 195 Å². The Morgan fingerprint density at radius 3 is 2.27 bits per heavy atom. The summed E-state index contributed by atoms with van der Waals surface area (Å²) in [6.45, 7) is 5.81. The highest BCUT2D eigenvalue weighted by atomic mass is 16.5. The monoisotopic (exact) mass is 446 g/mol. The predicted molar refractivity (Wildman–Crippen MR) is 130 cm³/mol. The number of rotatable bonds is 12. The van der Waals surface area contributed by atoms with Crippen LogP contribution in [-0.4, -0.2) is 25.3 Å². The van der Waals surface area contributed by atoms with Gasteiger partial charge in [-0.05, 0) is 54.8 Å². The average Bonchev–Trinajstić information content (AvgIpc) is 2.86. The van der Waals surface area contributed by atoms with Crippen LogP contribution < -0.4 is 19.6 Å². The van der Waals surface area contributed by atoms with Crippen molar-refractivity contribution in [2.24, 2.45) is 5.10 Å². The number of nitrogens with one attached hydrogen (secondary N) is 1. The van der Waals surface area contributed by atoms with Gasteiger partial charge in [0.2, 0.25) is 0 Å². The third kappa shape index (κ3) is 7.68. The molecule has 0 aliphatic rings. The van der Waals surface area contributed by atoms with E-state index in [0.29, 0.717) is 36.9 Å². The van der Waals surface area contributed by atoms with Gasteiger partial charge < -0.3 is 14.2 Å². The van der Waals surface area contributed by atoms with Gasteiger partial charge in [-0.3, -0.25) is 4.79 Å². The van der Waals surface area contributed by atoms with Crippen LogP contribution in [0.5, 0.6) is 17.2 Å². The Morgan fingerprint density at radius 2 is 1.55 bits per heavy atom. The van der Waals surface area contributed by atoms with Crippen molar-refractivity contribution < 1.29 is 19.0 Å². The summed E-state index contributed by atoms with van der Waals surface area (Å²) in [6, 6.07) is 22.5. The molecule has 0 fully saturated rings. The molecule has 3 aromatic rings. The molecule has 0 aliphatic heterocycles. The summed E-state index contributed by atoms with van der Waals surface area (Å²) >= 11 is 0. The molecule has 33 heavy (non-hydrogen) atoms. The highest BCUT2D eigenvalue weighted by Gasteiger charge is 2.07. The molecule has 3 rings (SSSR count). The van der Waals surface area contributed by atoms with Crippen LogP contribution in [0.3, 0.4) is 0 Å². The highest BCUT2D eigenvalue weighted by Crippen LogP contribution is 2.24. The number of hydrogen-bond acceptors (Lipinski definition) is 5. The van der Waals surface area contributed by atoms with Crippen LogP contribution in [0.4, 0.5) is 0 Å². The minimum Gasteiger partial charge on any atom is -0.493 e. The zero-order chi connectivity index (χ0) is 23.3. The summed E-state index contributed by atoms with van der Waals surface area (Å²) < 4.78 is 17.3. The molecule has 0 spiro atoms. The number of amides is 1. The third-order valence-corrected chi connectivity index (χ3v) is 4.65. The molecule has 3 aromatic carbocycles. The van der Waals surface area contributed by atoms with E-state index < -0.39 is 0 Å². The van der Waals surface area contributed by atoms with E-state index in [0.717, 1.165) is 29.7 Å². The van der Waals surface area contributed by atoms with Crippen molar-refractivity contribution in [3.8, 4) is 17.2 Å². The number of hydrogen-bond donors (Lipinski definition) is 1. The second kappa shape index (κ2) is 12.9. The maximum atomic E-state index is 12.4. The first kappa shape index (κ1) is 23.9. The summed E-state index contributed by atoms with van der Waals surface area (Å²) in [5.74, 6) is 1.81. The molecule has 0 radical (unpaired) electrons. The molecule has 1 N–H and O–H groups in total. The molecule has 0 aromatic heterocycles. The van der Waals surface area contributed by atoms with Gasteiger partial charge in [0.25, 0.3) is 5.91 Å². The first-order chi connectivity index (χ1) is 16.2. The largest absolute Gasteiger partial charge is 0.493 e. The molecule has 6 heteroatoms. The van der Waals surface area contributed by atoms with Gasteiger partial charge in [-0.1, -0.05) is 44.2 Å². The fraction of sp³-hybridized carbons (Fsp3) is 0.259. The normalized spacial score (nSPS) is 10.7. The van der Waals surface area contributed by atoms with E-state index in [1.54, 1.807) is 30.5 Å². The topological polar surface area (TPSA) is 69.2 Å². The summed E-state index contributed by atoms with van der Waals surface area (Å²) in [5.41, 5.74) is 4.90. The van der Waals surface area contributed by atoms with Crippen LogP contribution in [0.15, 0.2) is 77.9 Å². The lowest BCUT2D eigenvalue weighted by Crippen LogP contribution is -2.17. The van der Waals surface area contributed by atoms with Crippen LogP contribution in [-0.2, 0) is 6.61 Å².